The van der Waals surface area contributed by atoms with Gasteiger partial charge >= 0.3 is 5.69 Å². The summed E-state index contributed by atoms with van der Waals surface area (Å²) in [7, 11) is 0. The quantitative estimate of drug-likeness (QED) is 0.690. The third kappa shape index (κ3) is 3.32. The zero-order valence-electron chi connectivity index (χ0n) is 18.4. The highest BCUT2D eigenvalue weighted by molar-refractivity contribution is 5.87. The minimum Gasteiger partial charge on any atom is -0.380 e. The van der Waals surface area contributed by atoms with E-state index in [-0.39, 0.29) is 23.4 Å². The maximum Gasteiger partial charge on any atom is 0.350 e. The highest BCUT2D eigenvalue weighted by Gasteiger charge is 2.43. The Labute approximate surface area is 176 Å². The van der Waals surface area contributed by atoms with Gasteiger partial charge in [0.15, 0.2) is 0 Å². The van der Waals surface area contributed by atoms with E-state index in [0.29, 0.717) is 24.1 Å². The van der Waals surface area contributed by atoms with Crippen molar-refractivity contribution in [1.29, 1.82) is 0 Å². The van der Waals surface area contributed by atoms with Crippen LogP contribution in [0.5, 0.6) is 0 Å². The summed E-state index contributed by atoms with van der Waals surface area (Å²) in [4.78, 5) is 27.8. The molecule has 30 heavy (non-hydrogen) atoms. The van der Waals surface area contributed by atoms with E-state index in [1.807, 2.05) is 26.0 Å². The van der Waals surface area contributed by atoms with Gasteiger partial charge in [0.2, 0.25) is 0 Å². The number of benzene rings is 1. The first-order chi connectivity index (χ1) is 14.2. The molecule has 164 valence electrons. The van der Waals surface area contributed by atoms with Gasteiger partial charge in [-0.05, 0) is 49.8 Å². The Balaban J connectivity index is 1.78. The molecule has 8 nitrogen and oxygen atoms in total. The number of hydrogen-bond donors (Lipinski definition) is 2. The van der Waals surface area contributed by atoms with Crippen LogP contribution in [0.4, 0.5) is 5.69 Å². The molecule has 2 fully saturated rings. The molecule has 8 heteroatoms. The Morgan fingerprint density at radius 2 is 1.97 bits per heavy atom. The second-order valence-electron chi connectivity index (χ2n) is 9.46. The van der Waals surface area contributed by atoms with Crippen LogP contribution in [-0.2, 0) is 4.74 Å². The molecule has 2 atom stereocenters. The van der Waals surface area contributed by atoms with Gasteiger partial charge in [0.1, 0.15) is 0 Å². The lowest BCUT2D eigenvalue weighted by Crippen LogP contribution is -2.44. The fourth-order valence-corrected chi connectivity index (χ4v) is 5.04. The summed E-state index contributed by atoms with van der Waals surface area (Å²) >= 11 is 0. The fourth-order valence-electron chi connectivity index (χ4n) is 5.04. The van der Waals surface area contributed by atoms with Crippen LogP contribution in [0.1, 0.15) is 45.2 Å². The summed E-state index contributed by atoms with van der Waals surface area (Å²) < 4.78 is 8.03. The fraction of sp³-hybridized carbons (Fsp3) is 0.636. The molecule has 0 radical (unpaired) electrons. The molecule has 0 bridgehead atoms. The highest BCUT2D eigenvalue weighted by atomic mass is 16.5. The van der Waals surface area contributed by atoms with Crippen LogP contribution in [0.3, 0.4) is 0 Å². The molecule has 2 aliphatic rings. The average Bonchev–Trinajstić information content (AvgIpc) is 3.48. The Kier molecular flexibility index (Phi) is 5.18. The predicted molar refractivity (Wildman–Crippen MR) is 120 cm³/mol. The molecule has 1 aliphatic carbocycles. The van der Waals surface area contributed by atoms with Crippen molar-refractivity contribution in [3.05, 3.63) is 38.5 Å². The molecule has 1 aromatic carbocycles. The molecule has 0 spiro atoms. The summed E-state index contributed by atoms with van der Waals surface area (Å²) in [5.74, 6) is 6.07. The molecule has 1 aliphatic heterocycles. The average molecular weight is 416 g/mol. The van der Waals surface area contributed by atoms with Crippen molar-refractivity contribution in [3.63, 3.8) is 0 Å². The maximum atomic E-state index is 12.8. The van der Waals surface area contributed by atoms with Gasteiger partial charge in [-0.3, -0.25) is 9.36 Å². The molecule has 1 aromatic heterocycles. The van der Waals surface area contributed by atoms with Crippen molar-refractivity contribution >= 4 is 16.6 Å². The maximum absolute atomic E-state index is 12.8. The lowest BCUT2D eigenvalue weighted by atomic mass is 9.78. The van der Waals surface area contributed by atoms with Gasteiger partial charge < -0.3 is 21.2 Å². The Hall–Kier alpha value is -2.32. The molecule has 2 aromatic rings. The van der Waals surface area contributed by atoms with Crippen LogP contribution in [0.15, 0.2) is 21.7 Å². The number of fused-ring (bicyclic) bond motifs is 1. The summed E-state index contributed by atoms with van der Waals surface area (Å²) in [6.07, 6.45) is 1.87. The van der Waals surface area contributed by atoms with E-state index in [1.165, 1.54) is 0 Å². The predicted octanol–water partition coefficient (Wildman–Crippen LogP) is 1.35. The van der Waals surface area contributed by atoms with Gasteiger partial charge in [-0.1, -0.05) is 13.8 Å². The summed E-state index contributed by atoms with van der Waals surface area (Å²) in [6.45, 7) is 11.3. The van der Waals surface area contributed by atoms with Crippen molar-refractivity contribution in [2.24, 2.45) is 17.1 Å². The molecule has 4 N–H and O–H groups in total. The molecular weight excluding hydrogens is 382 g/mol. The first-order valence-electron chi connectivity index (χ1n) is 10.8. The molecule has 4 rings (SSSR count). The van der Waals surface area contributed by atoms with E-state index >= 15 is 0 Å². The van der Waals surface area contributed by atoms with E-state index < -0.39 is 11.2 Å². The number of nitrogen functional groups attached to an aromatic ring is 1. The van der Waals surface area contributed by atoms with Crippen LogP contribution < -0.4 is 27.7 Å². The van der Waals surface area contributed by atoms with E-state index in [2.05, 4.69) is 18.7 Å². The van der Waals surface area contributed by atoms with Crippen LogP contribution in [-0.4, -0.2) is 41.6 Å². The number of nitrogens with two attached hydrogens (primary N) is 2. The third-order valence-electron chi connectivity index (χ3n) is 6.81. The molecule has 0 unspecified atom stereocenters. The van der Waals surface area contributed by atoms with Gasteiger partial charge in [0.05, 0.1) is 17.5 Å². The lowest BCUT2D eigenvalue weighted by molar-refractivity contribution is 0.0982. The first kappa shape index (κ1) is 20.9. The minimum absolute atomic E-state index is 0.0226. The molecule has 1 saturated carbocycles. The van der Waals surface area contributed by atoms with Gasteiger partial charge in [0.25, 0.3) is 5.56 Å². The number of anilines is 1. The Morgan fingerprint density at radius 1 is 1.27 bits per heavy atom. The summed E-state index contributed by atoms with van der Waals surface area (Å²) in [6, 6.07) is 3.86. The normalized spacial score (nSPS) is 22.0. The van der Waals surface area contributed by atoms with E-state index in [4.69, 9.17) is 16.3 Å². The molecule has 1 saturated heterocycles. The molecular formula is C22H33N5O3. The van der Waals surface area contributed by atoms with Crippen molar-refractivity contribution < 1.29 is 4.74 Å². The van der Waals surface area contributed by atoms with Crippen molar-refractivity contribution in [2.75, 3.05) is 37.0 Å². The number of aryl methyl sites for hydroxylation is 1. The van der Waals surface area contributed by atoms with Gasteiger partial charge in [-0.2, -0.15) is 4.68 Å². The third-order valence-corrected chi connectivity index (χ3v) is 6.81. The van der Waals surface area contributed by atoms with Crippen molar-refractivity contribution in [1.82, 2.24) is 9.24 Å². The number of hydrogen-bond acceptors (Lipinski definition) is 6. The van der Waals surface area contributed by atoms with Crippen LogP contribution in [0, 0.1) is 18.3 Å². The number of nitrogens with zero attached hydrogens (tertiary/aromatic N) is 3. The van der Waals surface area contributed by atoms with E-state index in [9.17, 15) is 9.59 Å². The zero-order chi connectivity index (χ0) is 21.8. The van der Waals surface area contributed by atoms with Crippen molar-refractivity contribution in [2.45, 2.75) is 52.6 Å². The lowest BCUT2D eigenvalue weighted by Gasteiger charge is -2.30. The van der Waals surface area contributed by atoms with Crippen molar-refractivity contribution in [3.8, 4) is 0 Å². The summed E-state index contributed by atoms with van der Waals surface area (Å²) in [5, 5.41) is 0.494. The summed E-state index contributed by atoms with van der Waals surface area (Å²) in [5.41, 5.74) is 8.33. The zero-order valence-corrected chi connectivity index (χ0v) is 18.4. The monoisotopic (exact) mass is 415 g/mol. The highest BCUT2D eigenvalue weighted by Crippen LogP contribution is 2.42. The number of ether oxygens (including phenoxy) is 1. The first-order valence-corrected chi connectivity index (χ1v) is 10.8. The van der Waals surface area contributed by atoms with Gasteiger partial charge in [0, 0.05) is 43.4 Å². The van der Waals surface area contributed by atoms with E-state index in [0.717, 1.165) is 41.9 Å². The van der Waals surface area contributed by atoms with E-state index in [1.54, 1.807) is 4.57 Å². The Morgan fingerprint density at radius 3 is 2.60 bits per heavy atom. The Bertz CT molecular complexity index is 1080. The van der Waals surface area contributed by atoms with Crippen LogP contribution >= 0.6 is 0 Å². The smallest absolute Gasteiger partial charge is 0.350 e. The second-order valence-corrected chi connectivity index (χ2v) is 9.46. The second kappa shape index (κ2) is 7.42. The molecule has 0 amide bonds. The van der Waals surface area contributed by atoms with Crippen LogP contribution in [0.2, 0.25) is 0 Å². The SMILES string of the molecule is CCOC[C@H](N)[C@H]1CN(c2ccc3c(=O)n(N)c(=O)n(C4CC4)c3c2C)CC1(C)C. The number of rotatable bonds is 6. The number of aromatic nitrogens is 2. The van der Waals surface area contributed by atoms with Crippen LogP contribution in [0.25, 0.3) is 10.9 Å². The topological polar surface area (TPSA) is 109 Å². The largest absolute Gasteiger partial charge is 0.380 e. The minimum atomic E-state index is -0.445. The van der Waals surface area contributed by atoms with Gasteiger partial charge in [-0.15, -0.1) is 0 Å². The molecule has 2 heterocycles. The van der Waals surface area contributed by atoms with Gasteiger partial charge in [-0.25, -0.2) is 4.79 Å². The standard InChI is InChI=1S/C22H33N5O3/c1-5-30-11-17(23)16-10-25(12-22(16,3)4)18-9-8-15-19(13(18)2)26(14-6-7-14)21(29)27(24)20(15)28/h8-9,14,16-17H,5-7,10-12,23-24H2,1-4H3/t16-,17+/m1/s1.